The van der Waals surface area contributed by atoms with Crippen LogP contribution in [-0.2, 0) is 6.54 Å². The van der Waals surface area contributed by atoms with Gasteiger partial charge in [0.2, 0.25) is 0 Å². The van der Waals surface area contributed by atoms with Gasteiger partial charge in [-0.25, -0.2) is 4.79 Å². The highest BCUT2D eigenvalue weighted by molar-refractivity contribution is 5.85. The molecule has 1 aromatic heterocycles. The minimum absolute atomic E-state index is 0.0689. The van der Waals surface area contributed by atoms with Crippen LogP contribution in [0, 0.1) is 5.92 Å². The first-order valence-corrected chi connectivity index (χ1v) is 5.53. The second-order valence-electron chi connectivity index (χ2n) is 3.85. The van der Waals surface area contributed by atoms with Crippen molar-refractivity contribution in [1.29, 1.82) is 0 Å². The van der Waals surface area contributed by atoms with Gasteiger partial charge in [-0.1, -0.05) is 32.8 Å². The van der Waals surface area contributed by atoms with Crippen LogP contribution in [0.3, 0.4) is 0 Å². The van der Waals surface area contributed by atoms with Gasteiger partial charge in [-0.15, -0.1) is 0 Å². The highest BCUT2D eigenvalue weighted by atomic mass is 16.4. The van der Waals surface area contributed by atoms with E-state index >= 15 is 0 Å². The largest absolute Gasteiger partial charge is 0.477 e. The Kier molecular flexibility index (Phi) is 4.28. The molecular formula is C12H17NO3. The fourth-order valence-corrected chi connectivity index (χ4v) is 1.70. The van der Waals surface area contributed by atoms with Crippen LogP contribution in [0.25, 0.3) is 0 Å². The van der Waals surface area contributed by atoms with Crippen LogP contribution < -0.4 is 5.56 Å². The lowest BCUT2D eigenvalue weighted by Crippen LogP contribution is -2.27. The zero-order chi connectivity index (χ0) is 12.1. The molecule has 4 nitrogen and oxygen atoms in total. The summed E-state index contributed by atoms with van der Waals surface area (Å²) < 4.78 is 1.35. The molecule has 1 rings (SSSR count). The van der Waals surface area contributed by atoms with Crippen molar-refractivity contribution in [3.05, 3.63) is 34.2 Å². The smallest absolute Gasteiger partial charge is 0.352 e. The minimum atomic E-state index is -1.05. The molecule has 0 amide bonds. The van der Waals surface area contributed by atoms with Crippen LogP contribution in [0.1, 0.15) is 37.2 Å². The van der Waals surface area contributed by atoms with Crippen LogP contribution in [0.4, 0.5) is 0 Å². The molecule has 0 bridgehead atoms. The number of carbonyl (C=O) groups is 1. The molecule has 0 saturated carbocycles. The number of hydrogen-bond donors (Lipinski definition) is 1. The van der Waals surface area contributed by atoms with Crippen LogP contribution >= 0.6 is 0 Å². The summed E-state index contributed by atoms with van der Waals surface area (Å²) in [7, 11) is 0. The number of rotatable bonds is 5. The SMILES string of the molecule is CCC(CC)Cn1c(C(=O)O)cccc1=O. The Morgan fingerprint density at radius 1 is 1.38 bits per heavy atom. The summed E-state index contributed by atoms with van der Waals surface area (Å²) in [4.78, 5) is 22.6. The highest BCUT2D eigenvalue weighted by Gasteiger charge is 2.13. The van der Waals surface area contributed by atoms with Crippen molar-refractivity contribution in [2.45, 2.75) is 33.2 Å². The Hall–Kier alpha value is -1.58. The minimum Gasteiger partial charge on any atom is -0.477 e. The maximum Gasteiger partial charge on any atom is 0.352 e. The molecule has 0 unspecified atom stereocenters. The number of hydrogen-bond acceptors (Lipinski definition) is 2. The first kappa shape index (κ1) is 12.5. The van der Waals surface area contributed by atoms with E-state index in [4.69, 9.17) is 5.11 Å². The van der Waals surface area contributed by atoms with E-state index in [1.54, 1.807) is 0 Å². The van der Waals surface area contributed by atoms with Gasteiger partial charge in [0.05, 0.1) is 0 Å². The predicted molar refractivity (Wildman–Crippen MR) is 61.7 cm³/mol. The summed E-state index contributed by atoms with van der Waals surface area (Å²) in [5.74, 6) is -0.707. The Labute approximate surface area is 94.5 Å². The summed E-state index contributed by atoms with van der Waals surface area (Å²) in [5, 5.41) is 8.99. The van der Waals surface area contributed by atoms with Gasteiger partial charge in [-0.3, -0.25) is 4.79 Å². The first-order valence-electron chi connectivity index (χ1n) is 5.53. The molecule has 4 heteroatoms. The molecule has 1 N–H and O–H groups in total. The van der Waals surface area contributed by atoms with Crippen molar-refractivity contribution in [2.75, 3.05) is 0 Å². The Morgan fingerprint density at radius 3 is 2.50 bits per heavy atom. The van der Waals surface area contributed by atoms with Crippen molar-refractivity contribution in [3.8, 4) is 0 Å². The third kappa shape index (κ3) is 2.72. The van der Waals surface area contributed by atoms with Gasteiger partial charge in [0.1, 0.15) is 5.69 Å². The van der Waals surface area contributed by atoms with Crippen molar-refractivity contribution < 1.29 is 9.90 Å². The zero-order valence-corrected chi connectivity index (χ0v) is 9.64. The monoisotopic (exact) mass is 223 g/mol. The fraction of sp³-hybridized carbons (Fsp3) is 0.500. The van der Waals surface area contributed by atoms with Gasteiger partial charge in [-0.2, -0.15) is 0 Å². The molecule has 0 atom stereocenters. The van der Waals surface area contributed by atoms with E-state index in [1.165, 1.54) is 22.8 Å². The maximum absolute atomic E-state index is 11.6. The van der Waals surface area contributed by atoms with E-state index in [1.807, 2.05) is 13.8 Å². The normalized spacial score (nSPS) is 10.7. The van der Waals surface area contributed by atoms with Gasteiger partial charge in [-0.05, 0) is 12.0 Å². The van der Waals surface area contributed by atoms with Gasteiger partial charge in [0.15, 0.2) is 0 Å². The average molecular weight is 223 g/mol. The fourth-order valence-electron chi connectivity index (χ4n) is 1.70. The van der Waals surface area contributed by atoms with Gasteiger partial charge in [0, 0.05) is 12.6 Å². The van der Waals surface area contributed by atoms with Crippen molar-refractivity contribution in [3.63, 3.8) is 0 Å². The molecule has 88 valence electrons. The molecule has 0 saturated heterocycles. The molecule has 0 radical (unpaired) electrons. The molecule has 0 aromatic carbocycles. The molecule has 0 aliphatic carbocycles. The summed E-state index contributed by atoms with van der Waals surface area (Å²) in [6.45, 7) is 4.57. The highest BCUT2D eigenvalue weighted by Crippen LogP contribution is 2.11. The van der Waals surface area contributed by atoms with E-state index in [9.17, 15) is 9.59 Å². The second-order valence-corrected chi connectivity index (χ2v) is 3.85. The first-order chi connectivity index (χ1) is 7.60. The number of carboxylic acids is 1. The molecule has 0 aliphatic rings. The molecule has 0 aliphatic heterocycles. The number of pyridine rings is 1. The predicted octanol–water partition coefficient (Wildman–Crippen LogP) is 1.98. The third-order valence-corrected chi connectivity index (χ3v) is 2.86. The van der Waals surface area contributed by atoms with Crippen LogP contribution in [0.15, 0.2) is 23.0 Å². The zero-order valence-electron chi connectivity index (χ0n) is 9.64. The lowest BCUT2D eigenvalue weighted by molar-refractivity contribution is 0.0681. The quantitative estimate of drug-likeness (QED) is 0.830. The molecule has 16 heavy (non-hydrogen) atoms. The number of nitrogens with zero attached hydrogens (tertiary/aromatic N) is 1. The lowest BCUT2D eigenvalue weighted by atomic mass is 10.0. The van der Waals surface area contributed by atoms with Gasteiger partial charge >= 0.3 is 5.97 Å². The number of aromatic nitrogens is 1. The summed E-state index contributed by atoms with van der Waals surface area (Å²) in [6, 6.07) is 4.34. The molecule has 1 aromatic rings. The Morgan fingerprint density at radius 2 is 2.00 bits per heavy atom. The van der Waals surface area contributed by atoms with Crippen LogP contribution in [-0.4, -0.2) is 15.6 Å². The van der Waals surface area contributed by atoms with Crippen molar-refractivity contribution in [1.82, 2.24) is 4.57 Å². The summed E-state index contributed by atoms with van der Waals surface area (Å²) >= 11 is 0. The maximum atomic E-state index is 11.6. The third-order valence-electron chi connectivity index (χ3n) is 2.86. The van der Waals surface area contributed by atoms with Crippen molar-refractivity contribution >= 4 is 5.97 Å². The van der Waals surface area contributed by atoms with Gasteiger partial charge in [0.25, 0.3) is 5.56 Å². The lowest BCUT2D eigenvalue weighted by Gasteiger charge is -2.16. The Bertz CT molecular complexity index is 419. The van der Waals surface area contributed by atoms with Crippen LogP contribution in [0.5, 0.6) is 0 Å². The molecule has 0 fully saturated rings. The van der Waals surface area contributed by atoms with Crippen LogP contribution in [0.2, 0.25) is 0 Å². The Balaban J connectivity index is 3.10. The number of aromatic carboxylic acids is 1. The van der Waals surface area contributed by atoms with Crippen molar-refractivity contribution in [2.24, 2.45) is 5.92 Å². The molecule has 0 spiro atoms. The van der Waals surface area contributed by atoms with E-state index in [2.05, 4.69) is 0 Å². The van der Waals surface area contributed by atoms with Gasteiger partial charge < -0.3 is 9.67 Å². The molecule has 1 heterocycles. The average Bonchev–Trinajstić information content (AvgIpc) is 2.27. The molecular weight excluding hydrogens is 206 g/mol. The van der Waals surface area contributed by atoms with E-state index in [0.29, 0.717) is 12.5 Å². The summed E-state index contributed by atoms with van der Waals surface area (Å²) in [6.07, 6.45) is 1.88. The second kappa shape index (κ2) is 5.49. The standard InChI is InChI=1S/C12H17NO3/c1-3-9(4-2)8-13-10(12(15)16)6-5-7-11(13)14/h5-7,9H,3-4,8H2,1-2H3,(H,15,16). The summed E-state index contributed by atoms with van der Waals surface area (Å²) in [5.41, 5.74) is -0.175. The number of carboxylic acid groups (broad SMARTS) is 1. The topological polar surface area (TPSA) is 59.3 Å². The van der Waals surface area contributed by atoms with E-state index in [0.717, 1.165) is 12.8 Å². The van der Waals surface area contributed by atoms with E-state index in [-0.39, 0.29) is 11.3 Å². The van der Waals surface area contributed by atoms with E-state index < -0.39 is 5.97 Å².